The molecule has 0 radical (unpaired) electrons. The summed E-state index contributed by atoms with van der Waals surface area (Å²) >= 11 is 0. The second-order valence-electron chi connectivity index (χ2n) is 4.12. The predicted octanol–water partition coefficient (Wildman–Crippen LogP) is 3.72. The molecule has 0 fully saturated rings. The van der Waals surface area contributed by atoms with Gasteiger partial charge >= 0.3 is 0 Å². The quantitative estimate of drug-likeness (QED) is 0.778. The lowest BCUT2D eigenvalue weighted by molar-refractivity contribution is 0.103. The zero-order valence-corrected chi connectivity index (χ0v) is 10.0. The average molecular weight is 206 g/mol. The van der Waals surface area contributed by atoms with Crippen molar-refractivity contribution in [3.05, 3.63) is 35.4 Å². The first-order valence-electron chi connectivity index (χ1n) is 5.99. The lowest BCUT2D eigenvalue weighted by Crippen LogP contribution is -2.10. The summed E-state index contributed by atoms with van der Waals surface area (Å²) in [5.41, 5.74) is 2.39. The van der Waals surface area contributed by atoms with Crippen molar-refractivity contribution >= 4 is 0 Å². The molecule has 84 valence electrons. The number of rotatable bonds is 5. The molecule has 0 aromatic heterocycles. The Balaban J connectivity index is 2.76. The standard InChI is InChI=1S/C14H22O/c1-4-11-7-9-13(10-8-11)14(15)12(5-2)6-3/h7-10,12,14-15H,4-6H2,1-3H3. The van der Waals surface area contributed by atoms with Crippen molar-refractivity contribution in [1.29, 1.82) is 0 Å². The van der Waals surface area contributed by atoms with Gasteiger partial charge in [0.25, 0.3) is 0 Å². The molecule has 0 amide bonds. The minimum absolute atomic E-state index is 0.300. The number of hydrogen-bond donors (Lipinski definition) is 1. The predicted molar refractivity (Wildman–Crippen MR) is 64.9 cm³/mol. The van der Waals surface area contributed by atoms with E-state index in [9.17, 15) is 5.11 Å². The van der Waals surface area contributed by atoms with Crippen molar-refractivity contribution < 1.29 is 5.11 Å². The maximum Gasteiger partial charge on any atom is 0.0818 e. The Bertz CT molecular complexity index is 272. The maximum atomic E-state index is 10.1. The lowest BCUT2D eigenvalue weighted by Gasteiger charge is -2.20. The normalized spacial score (nSPS) is 13.1. The van der Waals surface area contributed by atoms with E-state index < -0.39 is 0 Å². The van der Waals surface area contributed by atoms with Gasteiger partial charge in [-0.3, -0.25) is 0 Å². The molecule has 0 saturated carbocycles. The molecule has 0 aliphatic heterocycles. The molecule has 0 aliphatic carbocycles. The maximum absolute atomic E-state index is 10.1. The van der Waals surface area contributed by atoms with Gasteiger partial charge in [0, 0.05) is 0 Å². The van der Waals surface area contributed by atoms with E-state index >= 15 is 0 Å². The number of aliphatic hydroxyl groups excluding tert-OH is 1. The van der Waals surface area contributed by atoms with Crippen molar-refractivity contribution in [2.45, 2.75) is 46.1 Å². The summed E-state index contributed by atoms with van der Waals surface area (Å²) < 4.78 is 0. The van der Waals surface area contributed by atoms with Crippen LogP contribution in [0, 0.1) is 5.92 Å². The van der Waals surface area contributed by atoms with Gasteiger partial charge in [0.1, 0.15) is 0 Å². The third-order valence-corrected chi connectivity index (χ3v) is 3.22. The first-order chi connectivity index (χ1) is 7.22. The van der Waals surface area contributed by atoms with Gasteiger partial charge in [-0.1, -0.05) is 57.9 Å². The lowest BCUT2D eigenvalue weighted by atomic mass is 9.91. The summed E-state index contributed by atoms with van der Waals surface area (Å²) in [5, 5.41) is 10.1. The molecular weight excluding hydrogens is 184 g/mol. The molecular formula is C14H22O. The highest BCUT2D eigenvalue weighted by molar-refractivity contribution is 5.24. The van der Waals surface area contributed by atoms with Crippen LogP contribution in [0.4, 0.5) is 0 Å². The highest BCUT2D eigenvalue weighted by Gasteiger charge is 2.16. The highest BCUT2D eigenvalue weighted by atomic mass is 16.3. The zero-order chi connectivity index (χ0) is 11.3. The van der Waals surface area contributed by atoms with Gasteiger partial charge in [-0.2, -0.15) is 0 Å². The monoisotopic (exact) mass is 206 g/mol. The molecule has 15 heavy (non-hydrogen) atoms. The van der Waals surface area contributed by atoms with Crippen LogP contribution in [0.25, 0.3) is 0 Å². The fourth-order valence-electron chi connectivity index (χ4n) is 1.96. The van der Waals surface area contributed by atoms with Gasteiger partial charge < -0.3 is 5.11 Å². The molecule has 0 aliphatic rings. The van der Waals surface area contributed by atoms with Crippen LogP contribution < -0.4 is 0 Å². The van der Waals surface area contributed by atoms with Crippen molar-refractivity contribution in [3.63, 3.8) is 0 Å². The molecule has 1 rings (SSSR count). The largest absolute Gasteiger partial charge is 0.388 e. The van der Waals surface area contributed by atoms with E-state index in [-0.39, 0.29) is 6.10 Å². The zero-order valence-electron chi connectivity index (χ0n) is 10.0. The Hall–Kier alpha value is -0.820. The van der Waals surface area contributed by atoms with Gasteiger partial charge in [-0.25, -0.2) is 0 Å². The summed E-state index contributed by atoms with van der Waals surface area (Å²) in [5.74, 6) is 0.387. The second-order valence-corrected chi connectivity index (χ2v) is 4.12. The molecule has 1 aromatic carbocycles. The Morgan fingerprint density at radius 3 is 1.93 bits per heavy atom. The van der Waals surface area contributed by atoms with Crippen LogP contribution >= 0.6 is 0 Å². The van der Waals surface area contributed by atoms with E-state index in [4.69, 9.17) is 0 Å². The van der Waals surface area contributed by atoms with Crippen LogP contribution in [0.5, 0.6) is 0 Å². The molecule has 0 bridgehead atoms. The first kappa shape index (κ1) is 12.3. The molecule has 1 atom stereocenters. The third kappa shape index (κ3) is 3.07. The van der Waals surface area contributed by atoms with Gasteiger partial charge in [0.15, 0.2) is 0 Å². The molecule has 1 aromatic rings. The SMILES string of the molecule is CCc1ccc(C(O)C(CC)CC)cc1. The van der Waals surface area contributed by atoms with E-state index in [1.54, 1.807) is 0 Å². The fourth-order valence-corrected chi connectivity index (χ4v) is 1.96. The number of hydrogen-bond acceptors (Lipinski definition) is 1. The molecule has 1 heteroatoms. The molecule has 1 unspecified atom stereocenters. The van der Waals surface area contributed by atoms with E-state index in [0.29, 0.717) is 5.92 Å². The summed E-state index contributed by atoms with van der Waals surface area (Å²) in [7, 11) is 0. The first-order valence-corrected chi connectivity index (χ1v) is 5.99. The van der Waals surface area contributed by atoms with E-state index in [0.717, 1.165) is 24.8 Å². The van der Waals surface area contributed by atoms with Crippen LogP contribution in [0.2, 0.25) is 0 Å². The van der Waals surface area contributed by atoms with Gasteiger partial charge in [-0.15, -0.1) is 0 Å². The van der Waals surface area contributed by atoms with Gasteiger partial charge in [0.2, 0.25) is 0 Å². The van der Waals surface area contributed by atoms with Gasteiger partial charge in [0.05, 0.1) is 6.10 Å². The molecule has 1 nitrogen and oxygen atoms in total. The van der Waals surface area contributed by atoms with Crippen LogP contribution in [0.15, 0.2) is 24.3 Å². The molecule has 0 spiro atoms. The van der Waals surface area contributed by atoms with Crippen LogP contribution in [-0.4, -0.2) is 5.11 Å². The number of aliphatic hydroxyl groups is 1. The number of benzene rings is 1. The summed E-state index contributed by atoms with van der Waals surface area (Å²) in [6.45, 7) is 6.42. The average Bonchev–Trinajstić information content (AvgIpc) is 2.30. The third-order valence-electron chi connectivity index (χ3n) is 3.22. The van der Waals surface area contributed by atoms with Crippen LogP contribution in [0.1, 0.15) is 50.8 Å². The Kier molecular flexibility index (Phi) is 4.83. The van der Waals surface area contributed by atoms with Crippen molar-refractivity contribution in [1.82, 2.24) is 0 Å². The fraction of sp³-hybridized carbons (Fsp3) is 0.571. The van der Waals surface area contributed by atoms with Gasteiger partial charge in [-0.05, 0) is 23.5 Å². The molecule has 0 heterocycles. The van der Waals surface area contributed by atoms with Crippen LogP contribution in [0.3, 0.4) is 0 Å². The minimum atomic E-state index is -0.300. The van der Waals surface area contributed by atoms with E-state index in [1.807, 2.05) is 0 Å². The number of aryl methyl sites for hydroxylation is 1. The molecule has 1 N–H and O–H groups in total. The highest BCUT2D eigenvalue weighted by Crippen LogP contribution is 2.27. The van der Waals surface area contributed by atoms with E-state index in [2.05, 4.69) is 45.0 Å². The Labute approximate surface area is 93.1 Å². The van der Waals surface area contributed by atoms with Crippen molar-refractivity contribution in [2.75, 3.05) is 0 Å². The Morgan fingerprint density at radius 2 is 1.53 bits per heavy atom. The summed E-state index contributed by atoms with van der Waals surface area (Å²) in [6.07, 6.45) is 2.83. The minimum Gasteiger partial charge on any atom is -0.388 e. The Morgan fingerprint density at radius 1 is 1.00 bits per heavy atom. The topological polar surface area (TPSA) is 20.2 Å². The smallest absolute Gasteiger partial charge is 0.0818 e. The second kappa shape index (κ2) is 5.92. The van der Waals surface area contributed by atoms with Crippen LogP contribution in [-0.2, 0) is 6.42 Å². The molecule has 0 saturated heterocycles. The van der Waals surface area contributed by atoms with Crippen molar-refractivity contribution in [2.24, 2.45) is 5.92 Å². The van der Waals surface area contributed by atoms with Crippen molar-refractivity contribution in [3.8, 4) is 0 Å². The van der Waals surface area contributed by atoms with E-state index in [1.165, 1.54) is 5.56 Å². The summed E-state index contributed by atoms with van der Waals surface area (Å²) in [4.78, 5) is 0. The summed E-state index contributed by atoms with van der Waals surface area (Å²) in [6, 6.07) is 8.34.